The van der Waals surface area contributed by atoms with Crippen molar-refractivity contribution in [3.05, 3.63) is 60.2 Å². The molecule has 0 spiro atoms. The summed E-state index contributed by atoms with van der Waals surface area (Å²) >= 11 is 0. The van der Waals surface area contributed by atoms with Gasteiger partial charge in [0.1, 0.15) is 0 Å². The molecule has 0 aliphatic carbocycles. The maximum atomic E-state index is 5.94. The van der Waals surface area contributed by atoms with Crippen molar-refractivity contribution in [2.24, 2.45) is 0 Å². The summed E-state index contributed by atoms with van der Waals surface area (Å²) in [5, 5.41) is 5.79. The zero-order valence-electron chi connectivity index (χ0n) is 14.9. The van der Waals surface area contributed by atoms with Crippen molar-refractivity contribution in [3.8, 4) is 5.88 Å². The number of nitrogens with zero attached hydrogens (tertiary/aromatic N) is 3. The zero-order valence-corrected chi connectivity index (χ0v) is 15.7. The molecule has 25 heavy (non-hydrogen) atoms. The lowest BCUT2D eigenvalue weighted by Crippen LogP contribution is -2.15. The van der Waals surface area contributed by atoms with E-state index in [1.165, 1.54) is 5.56 Å². The zero-order chi connectivity index (χ0) is 16.8. The summed E-state index contributed by atoms with van der Waals surface area (Å²) in [5.41, 5.74) is 2.46. The maximum Gasteiger partial charge on any atom is 0.240 e. The highest BCUT2D eigenvalue weighted by molar-refractivity contribution is 5.85. The van der Waals surface area contributed by atoms with Gasteiger partial charge in [-0.2, -0.15) is 0 Å². The van der Waals surface area contributed by atoms with E-state index in [0.717, 1.165) is 42.7 Å². The van der Waals surface area contributed by atoms with Crippen LogP contribution < -0.4 is 4.74 Å². The van der Waals surface area contributed by atoms with Crippen LogP contribution in [0.25, 0.3) is 10.9 Å². The first-order valence-electron chi connectivity index (χ1n) is 8.51. The number of fused-ring (bicyclic) bond motifs is 1. The van der Waals surface area contributed by atoms with E-state index in [2.05, 4.69) is 66.1 Å². The molecule has 0 N–H and O–H groups in total. The summed E-state index contributed by atoms with van der Waals surface area (Å²) < 4.78 is 8.00. The molecule has 1 aromatic heterocycles. The van der Waals surface area contributed by atoms with E-state index < -0.39 is 0 Å². The molecule has 1 heterocycles. The minimum absolute atomic E-state index is 0. The Kier molecular flexibility index (Phi) is 7.29. The van der Waals surface area contributed by atoms with Crippen molar-refractivity contribution in [2.45, 2.75) is 19.4 Å². The fraction of sp³-hybridized carbons (Fsp3) is 0.350. The van der Waals surface area contributed by atoms with Crippen molar-refractivity contribution in [1.29, 1.82) is 0 Å². The Balaban J connectivity index is 0.00000225. The second-order valence-electron chi connectivity index (χ2n) is 6.29. The highest BCUT2D eigenvalue weighted by Crippen LogP contribution is 2.25. The van der Waals surface area contributed by atoms with Gasteiger partial charge in [-0.05, 0) is 44.6 Å². The highest BCUT2D eigenvalue weighted by atomic mass is 35.5. The van der Waals surface area contributed by atoms with Crippen molar-refractivity contribution < 1.29 is 4.74 Å². The largest absolute Gasteiger partial charge is 0.476 e. The van der Waals surface area contributed by atoms with Gasteiger partial charge in [0, 0.05) is 13.1 Å². The first-order chi connectivity index (χ1) is 11.7. The van der Waals surface area contributed by atoms with E-state index in [1.54, 1.807) is 0 Å². The van der Waals surface area contributed by atoms with E-state index in [1.807, 2.05) is 12.1 Å². The Bertz CT molecular complexity index is 771. The van der Waals surface area contributed by atoms with Crippen molar-refractivity contribution in [1.82, 2.24) is 14.7 Å². The predicted octanol–water partition coefficient (Wildman–Crippen LogP) is 4.03. The standard InChI is InChI=1S/C20H25N3O.ClH/c1-22(2)14-8-16-24-20-18-11-6-7-12-19(18)23(21-20)15-13-17-9-4-3-5-10-17;/h3-7,9-12H,8,13-16H2,1-2H3;1H. The lowest BCUT2D eigenvalue weighted by Gasteiger charge is -2.09. The van der Waals surface area contributed by atoms with E-state index in [9.17, 15) is 0 Å². The van der Waals surface area contributed by atoms with Gasteiger partial charge in [0.15, 0.2) is 0 Å². The van der Waals surface area contributed by atoms with Gasteiger partial charge in [0.2, 0.25) is 5.88 Å². The lowest BCUT2D eigenvalue weighted by atomic mass is 10.1. The molecule has 3 aromatic rings. The lowest BCUT2D eigenvalue weighted by molar-refractivity contribution is 0.272. The normalized spacial score (nSPS) is 10.8. The Morgan fingerprint density at radius 2 is 1.72 bits per heavy atom. The predicted molar refractivity (Wildman–Crippen MR) is 106 cm³/mol. The Labute approximate surface area is 155 Å². The summed E-state index contributed by atoms with van der Waals surface area (Å²) in [6.45, 7) is 2.57. The van der Waals surface area contributed by atoms with Crippen LogP contribution in [0, 0.1) is 0 Å². The molecule has 5 heteroatoms. The quantitative estimate of drug-likeness (QED) is 0.569. The van der Waals surface area contributed by atoms with Crippen molar-refractivity contribution in [2.75, 3.05) is 27.2 Å². The number of hydrogen-bond acceptors (Lipinski definition) is 3. The number of para-hydroxylation sites is 1. The molecule has 0 saturated carbocycles. The number of aromatic nitrogens is 2. The summed E-state index contributed by atoms with van der Waals surface area (Å²) in [6.07, 6.45) is 1.96. The summed E-state index contributed by atoms with van der Waals surface area (Å²) in [6, 6.07) is 18.8. The number of ether oxygens (including phenoxy) is 1. The third-order valence-corrected chi connectivity index (χ3v) is 4.07. The van der Waals surface area contributed by atoms with Crippen LogP contribution in [-0.2, 0) is 13.0 Å². The van der Waals surface area contributed by atoms with Gasteiger partial charge in [-0.15, -0.1) is 17.5 Å². The van der Waals surface area contributed by atoms with Gasteiger partial charge < -0.3 is 9.64 Å². The van der Waals surface area contributed by atoms with E-state index in [4.69, 9.17) is 9.84 Å². The van der Waals surface area contributed by atoms with Gasteiger partial charge in [-0.25, -0.2) is 0 Å². The van der Waals surface area contributed by atoms with E-state index in [-0.39, 0.29) is 12.4 Å². The average Bonchev–Trinajstić information content (AvgIpc) is 2.96. The molecule has 0 saturated heterocycles. The average molecular weight is 360 g/mol. The monoisotopic (exact) mass is 359 g/mol. The van der Waals surface area contributed by atoms with Crippen molar-refractivity contribution >= 4 is 23.3 Å². The molecule has 3 rings (SSSR count). The van der Waals surface area contributed by atoms with E-state index >= 15 is 0 Å². The highest BCUT2D eigenvalue weighted by Gasteiger charge is 2.11. The second-order valence-corrected chi connectivity index (χ2v) is 6.29. The molecule has 0 aliphatic heterocycles. The Hall–Kier alpha value is -2.04. The van der Waals surface area contributed by atoms with Crippen LogP contribution in [0.4, 0.5) is 0 Å². The SMILES string of the molecule is CN(C)CCCOc1nn(CCc2ccccc2)c2ccccc12.Cl. The molecule has 134 valence electrons. The van der Waals surface area contributed by atoms with Gasteiger partial charge in [-0.1, -0.05) is 42.5 Å². The topological polar surface area (TPSA) is 30.3 Å². The molecule has 4 nitrogen and oxygen atoms in total. The van der Waals surface area contributed by atoms with Crippen LogP contribution in [0.3, 0.4) is 0 Å². The molecule has 0 atom stereocenters. The number of aryl methyl sites for hydroxylation is 2. The summed E-state index contributed by atoms with van der Waals surface area (Å²) in [7, 11) is 4.15. The number of benzene rings is 2. The molecule has 2 aromatic carbocycles. The molecule has 0 aliphatic rings. The number of hydrogen-bond donors (Lipinski definition) is 0. The van der Waals surface area contributed by atoms with Crippen LogP contribution in [0.15, 0.2) is 54.6 Å². The molecular formula is C20H26ClN3O. The van der Waals surface area contributed by atoms with Crippen LogP contribution in [0.2, 0.25) is 0 Å². The van der Waals surface area contributed by atoms with Crippen LogP contribution >= 0.6 is 12.4 Å². The van der Waals surface area contributed by atoms with Crippen LogP contribution in [0.5, 0.6) is 5.88 Å². The van der Waals surface area contributed by atoms with E-state index in [0.29, 0.717) is 6.61 Å². The first-order valence-corrected chi connectivity index (χ1v) is 8.51. The molecule has 0 unspecified atom stereocenters. The molecular weight excluding hydrogens is 334 g/mol. The fourth-order valence-electron chi connectivity index (χ4n) is 2.80. The fourth-order valence-corrected chi connectivity index (χ4v) is 2.80. The number of rotatable bonds is 8. The van der Waals surface area contributed by atoms with Crippen LogP contribution in [0.1, 0.15) is 12.0 Å². The third kappa shape index (κ3) is 5.21. The van der Waals surface area contributed by atoms with Gasteiger partial charge in [0.25, 0.3) is 0 Å². The molecule has 0 radical (unpaired) electrons. The number of halogens is 1. The van der Waals surface area contributed by atoms with Crippen molar-refractivity contribution in [3.63, 3.8) is 0 Å². The van der Waals surface area contributed by atoms with Gasteiger partial charge in [0.05, 0.1) is 17.5 Å². The van der Waals surface area contributed by atoms with Crippen LogP contribution in [-0.4, -0.2) is 41.9 Å². The summed E-state index contributed by atoms with van der Waals surface area (Å²) in [4.78, 5) is 2.17. The first kappa shape index (κ1) is 19.3. The minimum Gasteiger partial charge on any atom is -0.476 e. The van der Waals surface area contributed by atoms with Gasteiger partial charge in [-0.3, -0.25) is 4.68 Å². The Morgan fingerprint density at radius 1 is 1.00 bits per heavy atom. The molecule has 0 amide bonds. The smallest absolute Gasteiger partial charge is 0.240 e. The summed E-state index contributed by atoms with van der Waals surface area (Å²) in [5.74, 6) is 0.748. The van der Waals surface area contributed by atoms with Gasteiger partial charge >= 0.3 is 0 Å². The second kappa shape index (κ2) is 9.44. The minimum atomic E-state index is 0. The third-order valence-electron chi connectivity index (χ3n) is 4.07. The maximum absolute atomic E-state index is 5.94. The Morgan fingerprint density at radius 3 is 2.48 bits per heavy atom. The molecule has 0 fully saturated rings. The molecule has 0 bridgehead atoms.